The molecule has 1 aliphatic carbocycles. The van der Waals surface area contributed by atoms with Gasteiger partial charge in [-0.1, -0.05) is 12.8 Å². The van der Waals surface area contributed by atoms with Crippen LogP contribution >= 0.6 is 0 Å². The summed E-state index contributed by atoms with van der Waals surface area (Å²) in [5.41, 5.74) is 3.38. The first-order chi connectivity index (χ1) is 18.7. The number of ether oxygens (including phenoxy) is 1. The predicted octanol–water partition coefficient (Wildman–Crippen LogP) is 5.58. The zero-order valence-corrected chi connectivity index (χ0v) is 22.5. The Bertz CT molecular complexity index is 1250. The summed E-state index contributed by atoms with van der Waals surface area (Å²) >= 11 is 0. The Morgan fingerprint density at radius 1 is 0.921 bits per heavy atom. The standard InChI is InChI=1S/C31H41N5O2/c37-31-12-7-25-23-32-30(22-29(25)36(31)28-5-1-2-6-28)33-26-8-10-27(11-9-26)35-16-13-24(14-17-35)4-3-15-34-18-20-38-21-19-34/h7-12,22-24,28H,1-6,13-21H2,(H,32,33). The molecule has 0 radical (unpaired) electrons. The maximum absolute atomic E-state index is 12.7. The maximum Gasteiger partial charge on any atom is 0.251 e. The highest BCUT2D eigenvalue weighted by Crippen LogP contribution is 2.32. The summed E-state index contributed by atoms with van der Waals surface area (Å²) in [6.07, 6.45) is 11.7. The molecule has 3 fully saturated rings. The predicted molar refractivity (Wildman–Crippen MR) is 155 cm³/mol. The summed E-state index contributed by atoms with van der Waals surface area (Å²) in [5, 5.41) is 4.48. The van der Waals surface area contributed by atoms with E-state index in [9.17, 15) is 4.79 Å². The lowest BCUT2D eigenvalue weighted by molar-refractivity contribution is 0.0365. The van der Waals surface area contributed by atoms with Crippen molar-refractivity contribution in [3.63, 3.8) is 0 Å². The van der Waals surface area contributed by atoms with Gasteiger partial charge in [0.15, 0.2) is 0 Å². The summed E-state index contributed by atoms with van der Waals surface area (Å²) in [5.74, 6) is 1.63. The SMILES string of the molecule is O=c1ccc2cnc(Nc3ccc(N4CCC(CCCN5CCOCC5)CC4)cc3)cc2n1C1CCCC1. The summed E-state index contributed by atoms with van der Waals surface area (Å²) < 4.78 is 7.45. The monoisotopic (exact) mass is 515 g/mol. The van der Waals surface area contributed by atoms with Gasteiger partial charge in [0.2, 0.25) is 0 Å². The van der Waals surface area contributed by atoms with Gasteiger partial charge in [-0.3, -0.25) is 9.69 Å². The molecule has 2 aliphatic heterocycles. The Balaban J connectivity index is 1.04. The van der Waals surface area contributed by atoms with Crippen molar-refractivity contribution < 1.29 is 4.74 Å². The molecule has 1 saturated carbocycles. The third-order valence-electron chi connectivity index (χ3n) is 8.81. The zero-order valence-electron chi connectivity index (χ0n) is 22.5. The highest BCUT2D eigenvalue weighted by atomic mass is 16.5. The molecule has 0 spiro atoms. The second kappa shape index (κ2) is 11.9. The van der Waals surface area contributed by atoms with Crippen LogP contribution in [0.15, 0.2) is 53.5 Å². The molecule has 38 heavy (non-hydrogen) atoms. The summed E-state index contributed by atoms with van der Waals surface area (Å²) in [7, 11) is 0. The molecule has 6 rings (SSSR count). The normalized spacial score (nSPS) is 19.8. The van der Waals surface area contributed by atoms with Crippen molar-refractivity contribution in [3.05, 3.63) is 59.0 Å². The van der Waals surface area contributed by atoms with Crippen LogP contribution in [0.4, 0.5) is 17.2 Å². The van der Waals surface area contributed by atoms with Crippen LogP contribution in [0.25, 0.3) is 10.9 Å². The van der Waals surface area contributed by atoms with E-state index in [4.69, 9.17) is 4.74 Å². The number of pyridine rings is 2. The lowest BCUT2D eigenvalue weighted by atomic mass is 9.92. The van der Waals surface area contributed by atoms with Gasteiger partial charge in [0.05, 0.1) is 18.7 Å². The number of nitrogens with one attached hydrogen (secondary N) is 1. The molecule has 3 aromatic rings. The molecule has 2 saturated heterocycles. The highest BCUT2D eigenvalue weighted by Gasteiger charge is 2.21. The minimum absolute atomic E-state index is 0.0896. The molecule has 0 bridgehead atoms. The van der Waals surface area contributed by atoms with Crippen LogP contribution in [0, 0.1) is 5.92 Å². The third kappa shape index (κ3) is 5.89. The van der Waals surface area contributed by atoms with Crippen LogP contribution in [0.1, 0.15) is 57.4 Å². The topological polar surface area (TPSA) is 62.6 Å². The molecule has 2 aromatic heterocycles. The first-order valence-corrected chi connectivity index (χ1v) is 14.7. The third-order valence-corrected chi connectivity index (χ3v) is 8.81. The molecule has 3 aliphatic rings. The minimum atomic E-state index is 0.0896. The molecular formula is C31H41N5O2. The Labute approximate surface area is 225 Å². The Kier molecular flexibility index (Phi) is 7.93. The van der Waals surface area contributed by atoms with Gasteiger partial charge < -0.3 is 19.5 Å². The van der Waals surface area contributed by atoms with E-state index in [0.717, 1.165) is 80.6 Å². The lowest BCUT2D eigenvalue weighted by Crippen LogP contribution is -2.37. The molecule has 1 N–H and O–H groups in total. The van der Waals surface area contributed by atoms with Crippen molar-refractivity contribution in [1.82, 2.24) is 14.5 Å². The van der Waals surface area contributed by atoms with Gasteiger partial charge in [-0.15, -0.1) is 0 Å². The molecule has 7 nitrogen and oxygen atoms in total. The summed E-state index contributed by atoms with van der Waals surface area (Å²) in [6.45, 7) is 7.49. The van der Waals surface area contributed by atoms with Gasteiger partial charge in [0, 0.05) is 67.3 Å². The van der Waals surface area contributed by atoms with Crippen LogP contribution in [-0.4, -0.2) is 60.4 Å². The smallest absolute Gasteiger partial charge is 0.251 e. The van der Waals surface area contributed by atoms with Gasteiger partial charge in [0.25, 0.3) is 5.56 Å². The number of morpholine rings is 1. The number of nitrogens with zero attached hydrogens (tertiary/aromatic N) is 4. The van der Waals surface area contributed by atoms with E-state index in [1.54, 1.807) is 6.07 Å². The van der Waals surface area contributed by atoms with Gasteiger partial charge in [0.1, 0.15) is 5.82 Å². The van der Waals surface area contributed by atoms with Crippen LogP contribution < -0.4 is 15.8 Å². The number of piperidine rings is 1. The van der Waals surface area contributed by atoms with Gasteiger partial charge in [-0.2, -0.15) is 0 Å². The summed E-state index contributed by atoms with van der Waals surface area (Å²) in [6, 6.07) is 14.6. The number of hydrogen-bond donors (Lipinski definition) is 1. The van der Waals surface area contributed by atoms with Crippen LogP contribution in [0.3, 0.4) is 0 Å². The summed E-state index contributed by atoms with van der Waals surface area (Å²) in [4.78, 5) is 22.4. The number of rotatable bonds is 8. The minimum Gasteiger partial charge on any atom is -0.379 e. The van der Waals surface area contributed by atoms with Crippen molar-refractivity contribution in [1.29, 1.82) is 0 Å². The number of benzene rings is 1. The average Bonchev–Trinajstić information content (AvgIpc) is 3.49. The number of aromatic nitrogens is 2. The first-order valence-electron chi connectivity index (χ1n) is 14.7. The molecular weight excluding hydrogens is 474 g/mol. The Hall–Kier alpha value is -2.90. The maximum atomic E-state index is 12.7. The zero-order chi connectivity index (χ0) is 25.7. The fraction of sp³-hybridized carbons (Fsp3) is 0.548. The second-order valence-electron chi connectivity index (χ2n) is 11.3. The van der Waals surface area contributed by atoms with Gasteiger partial charge in [-0.05, 0) is 81.3 Å². The van der Waals surface area contributed by atoms with Gasteiger partial charge >= 0.3 is 0 Å². The van der Waals surface area contributed by atoms with E-state index >= 15 is 0 Å². The number of hydrogen-bond acceptors (Lipinski definition) is 6. The molecule has 4 heterocycles. The lowest BCUT2D eigenvalue weighted by Gasteiger charge is -2.34. The van der Waals surface area contributed by atoms with E-state index in [0.29, 0.717) is 6.04 Å². The fourth-order valence-corrected chi connectivity index (χ4v) is 6.57. The van der Waals surface area contributed by atoms with Crippen LogP contribution in [-0.2, 0) is 4.74 Å². The Morgan fingerprint density at radius 3 is 2.45 bits per heavy atom. The van der Waals surface area contributed by atoms with E-state index in [1.807, 2.05) is 22.9 Å². The van der Waals surface area contributed by atoms with Crippen molar-refractivity contribution >= 4 is 28.1 Å². The van der Waals surface area contributed by atoms with Crippen molar-refractivity contribution in [2.24, 2.45) is 5.92 Å². The molecule has 0 atom stereocenters. The molecule has 7 heteroatoms. The van der Waals surface area contributed by atoms with Crippen molar-refractivity contribution in [2.75, 3.05) is 56.2 Å². The number of anilines is 3. The quantitative estimate of drug-likeness (QED) is 0.422. The van der Waals surface area contributed by atoms with Crippen molar-refractivity contribution in [3.8, 4) is 0 Å². The largest absolute Gasteiger partial charge is 0.379 e. The first kappa shape index (κ1) is 25.4. The van der Waals surface area contributed by atoms with Crippen molar-refractivity contribution in [2.45, 2.75) is 57.4 Å². The van der Waals surface area contributed by atoms with E-state index < -0.39 is 0 Å². The fourth-order valence-electron chi connectivity index (χ4n) is 6.57. The Morgan fingerprint density at radius 2 is 1.68 bits per heavy atom. The highest BCUT2D eigenvalue weighted by molar-refractivity contribution is 5.81. The molecule has 202 valence electrons. The van der Waals surface area contributed by atoms with E-state index in [-0.39, 0.29) is 5.56 Å². The van der Waals surface area contributed by atoms with Crippen LogP contribution in [0.2, 0.25) is 0 Å². The van der Waals surface area contributed by atoms with Crippen LogP contribution in [0.5, 0.6) is 0 Å². The second-order valence-corrected chi connectivity index (χ2v) is 11.3. The van der Waals surface area contributed by atoms with E-state index in [1.165, 1.54) is 50.8 Å². The molecule has 0 unspecified atom stereocenters. The molecule has 1 aromatic carbocycles. The average molecular weight is 516 g/mol. The van der Waals surface area contributed by atoms with Gasteiger partial charge in [-0.25, -0.2) is 4.98 Å². The van der Waals surface area contributed by atoms with E-state index in [2.05, 4.69) is 44.4 Å². The molecule has 0 amide bonds. The number of fused-ring (bicyclic) bond motifs is 1.